The number of rotatable bonds is 6. The standard InChI is InChI=1S/C30H38N8O2/c1-20-13-22(15-26(32-20)23-17-31-36(3)19-23)29(40)34-30-33-27-14-21(18-37-11-9-35(2)10-12-37)7-8-28(27)38(30)24-5-4-6-25(39)16-24/h7-8,13-15,17,19,24-25,39H,4-6,9-12,16,18H2,1-3H3,(H,33,34,40)/t24-,25-/m1/s1. The molecule has 1 aromatic carbocycles. The van der Waals surface area contributed by atoms with Gasteiger partial charge >= 0.3 is 0 Å². The van der Waals surface area contributed by atoms with Gasteiger partial charge in [0.1, 0.15) is 0 Å². The Hall–Kier alpha value is -3.60. The first-order valence-electron chi connectivity index (χ1n) is 14.2. The van der Waals surface area contributed by atoms with E-state index in [1.54, 1.807) is 23.0 Å². The van der Waals surface area contributed by atoms with Crippen LogP contribution in [0.2, 0.25) is 0 Å². The molecule has 3 aromatic heterocycles. The third-order valence-corrected chi connectivity index (χ3v) is 8.18. The minimum absolute atomic E-state index is 0.0673. The van der Waals surface area contributed by atoms with Crippen LogP contribution in [0, 0.1) is 6.92 Å². The number of imidazole rings is 1. The fraction of sp³-hybridized carbons (Fsp3) is 0.467. The van der Waals surface area contributed by atoms with Crippen molar-refractivity contribution in [3.63, 3.8) is 0 Å². The zero-order chi connectivity index (χ0) is 27.8. The Bertz CT molecular complexity index is 1520. The number of piperazine rings is 1. The minimum Gasteiger partial charge on any atom is -0.393 e. The van der Waals surface area contributed by atoms with Crippen molar-refractivity contribution in [2.24, 2.45) is 7.05 Å². The summed E-state index contributed by atoms with van der Waals surface area (Å²) in [5.41, 5.74) is 5.90. The highest BCUT2D eigenvalue weighted by Crippen LogP contribution is 2.35. The summed E-state index contributed by atoms with van der Waals surface area (Å²) in [5, 5.41) is 17.8. The number of amides is 1. The smallest absolute Gasteiger partial charge is 0.258 e. The molecule has 1 aliphatic carbocycles. The fourth-order valence-electron chi connectivity index (χ4n) is 6.01. The second kappa shape index (κ2) is 11.1. The number of likely N-dealkylation sites (N-methyl/N-ethyl adjacent to an activating group) is 1. The molecule has 2 atom stereocenters. The van der Waals surface area contributed by atoms with Gasteiger partial charge in [-0.15, -0.1) is 0 Å². The molecule has 1 aliphatic heterocycles. The molecule has 0 bridgehead atoms. The van der Waals surface area contributed by atoms with E-state index in [0.29, 0.717) is 23.6 Å². The molecular weight excluding hydrogens is 504 g/mol. The molecule has 40 heavy (non-hydrogen) atoms. The molecular formula is C30H38N8O2. The summed E-state index contributed by atoms with van der Waals surface area (Å²) in [6.07, 6.45) is 6.63. The number of hydrogen-bond acceptors (Lipinski definition) is 7. The van der Waals surface area contributed by atoms with Crippen molar-refractivity contribution in [2.75, 3.05) is 38.5 Å². The lowest BCUT2D eigenvalue weighted by Gasteiger charge is -2.32. The van der Waals surface area contributed by atoms with Gasteiger partial charge in [0, 0.05) is 68.8 Å². The van der Waals surface area contributed by atoms with Crippen LogP contribution in [0.5, 0.6) is 0 Å². The lowest BCUT2D eigenvalue weighted by molar-refractivity contribution is 0.101. The zero-order valence-corrected chi connectivity index (χ0v) is 23.5. The molecule has 0 radical (unpaired) electrons. The molecule has 210 valence electrons. The molecule has 2 aliphatic rings. The van der Waals surface area contributed by atoms with Crippen molar-refractivity contribution in [1.29, 1.82) is 0 Å². The van der Waals surface area contributed by atoms with Gasteiger partial charge in [0.25, 0.3) is 5.91 Å². The van der Waals surface area contributed by atoms with Crippen LogP contribution in [0.25, 0.3) is 22.3 Å². The second-order valence-electron chi connectivity index (χ2n) is 11.4. The second-order valence-corrected chi connectivity index (χ2v) is 11.4. The number of hydrogen-bond donors (Lipinski definition) is 2. The molecule has 0 unspecified atom stereocenters. The molecule has 0 spiro atoms. The molecule has 1 amide bonds. The van der Waals surface area contributed by atoms with E-state index in [0.717, 1.165) is 74.3 Å². The van der Waals surface area contributed by atoms with Crippen molar-refractivity contribution in [1.82, 2.24) is 34.1 Å². The Morgan fingerprint density at radius 1 is 1.07 bits per heavy atom. The maximum Gasteiger partial charge on any atom is 0.258 e. The normalized spacial score (nSPS) is 20.7. The van der Waals surface area contributed by atoms with E-state index in [9.17, 15) is 9.90 Å². The van der Waals surface area contributed by atoms with Gasteiger partial charge in [0.05, 0.1) is 29.0 Å². The predicted molar refractivity (Wildman–Crippen MR) is 155 cm³/mol. The largest absolute Gasteiger partial charge is 0.393 e. The van der Waals surface area contributed by atoms with E-state index >= 15 is 0 Å². The van der Waals surface area contributed by atoms with Gasteiger partial charge in [-0.25, -0.2) is 4.98 Å². The molecule has 2 fully saturated rings. The Labute approximate surface area is 234 Å². The number of nitrogens with zero attached hydrogens (tertiary/aromatic N) is 7. The lowest BCUT2D eigenvalue weighted by atomic mass is 9.92. The van der Waals surface area contributed by atoms with E-state index in [1.807, 2.05) is 20.2 Å². The Balaban J connectivity index is 1.32. The average molecular weight is 543 g/mol. The highest BCUT2D eigenvalue weighted by Gasteiger charge is 2.27. The van der Waals surface area contributed by atoms with Crippen molar-refractivity contribution in [3.05, 3.63) is 59.5 Å². The highest BCUT2D eigenvalue weighted by molar-refractivity contribution is 6.04. The van der Waals surface area contributed by atoms with Crippen molar-refractivity contribution < 1.29 is 9.90 Å². The van der Waals surface area contributed by atoms with E-state index in [2.05, 4.69) is 55.0 Å². The highest BCUT2D eigenvalue weighted by atomic mass is 16.3. The maximum absolute atomic E-state index is 13.6. The summed E-state index contributed by atoms with van der Waals surface area (Å²) in [6, 6.07) is 10.1. The average Bonchev–Trinajstić information content (AvgIpc) is 3.52. The molecule has 10 nitrogen and oxygen atoms in total. The number of aryl methyl sites for hydroxylation is 2. The van der Waals surface area contributed by atoms with Crippen LogP contribution in [0.15, 0.2) is 42.7 Å². The van der Waals surface area contributed by atoms with Gasteiger partial charge in [-0.2, -0.15) is 5.10 Å². The third-order valence-electron chi connectivity index (χ3n) is 8.18. The molecule has 10 heteroatoms. The van der Waals surface area contributed by atoms with Gasteiger partial charge in [0.15, 0.2) is 0 Å². The van der Waals surface area contributed by atoms with Crippen LogP contribution in [0.1, 0.15) is 53.3 Å². The van der Waals surface area contributed by atoms with Crippen LogP contribution in [0.3, 0.4) is 0 Å². The van der Waals surface area contributed by atoms with Crippen LogP contribution in [-0.2, 0) is 13.6 Å². The number of aromatic nitrogens is 5. The van der Waals surface area contributed by atoms with Gasteiger partial charge in [-0.05, 0) is 69.5 Å². The number of carbonyl (C=O) groups excluding carboxylic acids is 1. The number of pyridine rings is 1. The summed E-state index contributed by atoms with van der Waals surface area (Å²) < 4.78 is 3.85. The first-order valence-corrected chi connectivity index (χ1v) is 14.2. The Morgan fingerprint density at radius 2 is 1.90 bits per heavy atom. The zero-order valence-electron chi connectivity index (χ0n) is 23.5. The minimum atomic E-state index is -0.346. The number of aliphatic hydroxyl groups is 1. The molecule has 6 rings (SSSR count). The van der Waals surface area contributed by atoms with Gasteiger partial charge < -0.3 is 14.6 Å². The van der Waals surface area contributed by atoms with E-state index in [-0.39, 0.29) is 18.1 Å². The van der Waals surface area contributed by atoms with Gasteiger partial charge in [-0.1, -0.05) is 6.07 Å². The maximum atomic E-state index is 13.6. The summed E-state index contributed by atoms with van der Waals surface area (Å²) in [4.78, 5) is 28.0. The monoisotopic (exact) mass is 542 g/mol. The molecule has 1 saturated heterocycles. The van der Waals surface area contributed by atoms with E-state index < -0.39 is 0 Å². The van der Waals surface area contributed by atoms with Crippen molar-refractivity contribution >= 4 is 22.9 Å². The van der Waals surface area contributed by atoms with Gasteiger partial charge in [0.2, 0.25) is 5.95 Å². The lowest BCUT2D eigenvalue weighted by Crippen LogP contribution is -2.43. The van der Waals surface area contributed by atoms with E-state index in [1.165, 1.54) is 5.56 Å². The van der Waals surface area contributed by atoms with E-state index in [4.69, 9.17) is 4.98 Å². The number of fused-ring (bicyclic) bond motifs is 1. The number of benzene rings is 1. The number of aliphatic hydroxyl groups excluding tert-OH is 1. The van der Waals surface area contributed by atoms with Gasteiger partial charge in [-0.3, -0.25) is 24.7 Å². The summed E-state index contributed by atoms with van der Waals surface area (Å²) in [5.74, 6) is 0.287. The van der Waals surface area contributed by atoms with Crippen LogP contribution in [0.4, 0.5) is 5.95 Å². The van der Waals surface area contributed by atoms with Crippen molar-refractivity contribution in [2.45, 2.75) is 51.3 Å². The van der Waals surface area contributed by atoms with Crippen LogP contribution in [-0.4, -0.2) is 84.5 Å². The van der Waals surface area contributed by atoms with Crippen molar-refractivity contribution in [3.8, 4) is 11.3 Å². The Kier molecular flexibility index (Phi) is 7.39. The third kappa shape index (κ3) is 5.65. The van der Waals surface area contributed by atoms with Crippen LogP contribution >= 0.6 is 0 Å². The molecule has 1 saturated carbocycles. The first kappa shape index (κ1) is 26.6. The number of nitrogens with one attached hydrogen (secondary N) is 1. The molecule has 2 N–H and O–H groups in total. The summed E-state index contributed by atoms with van der Waals surface area (Å²) in [6.45, 7) is 7.03. The quantitative estimate of drug-likeness (QED) is 0.384. The molecule has 4 aromatic rings. The SMILES string of the molecule is Cc1cc(C(=O)Nc2nc3cc(CN4CCN(C)CC4)ccc3n2[C@@H]2CCC[C@@H](O)C2)cc(-c2cnn(C)c2)n1. The Morgan fingerprint density at radius 3 is 2.65 bits per heavy atom. The number of carbonyl (C=O) groups is 1. The summed E-state index contributed by atoms with van der Waals surface area (Å²) >= 11 is 0. The fourth-order valence-corrected chi connectivity index (χ4v) is 6.01. The predicted octanol–water partition coefficient (Wildman–Crippen LogP) is 3.62. The topological polar surface area (TPSA) is 104 Å². The first-order chi connectivity index (χ1) is 19.3. The number of anilines is 1. The summed E-state index contributed by atoms with van der Waals surface area (Å²) in [7, 11) is 4.02. The van der Waals surface area contributed by atoms with Crippen LogP contribution < -0.4 is 5.32 Å². The molecule has 4 heterocycles.